The first-order chi connectivity index (χ1) is 7.67. The van der Waals surface area contributed by atoms with E-state index in [9.17, 15) is 4.79 Å². The minimum Gasteiger partial charge on any atom is -0.497 e. The van der Waals surface area contributed by atoms with Crippen LogP contribution < -0.4 is 10.1 Å². The Morgan fingerprint density at radius 1 is 1.38 bits per heavy atom. The molecule has 0 spiro atoms. The number of carbonyl (C=O) groups is 1. The van der Waals surface area contributed by atoms with E-state index in [1.54, 1.807) is 13.2 Å². The maximum absolute atomic E-state index is 11.3. The molecule has 1 amide bonds. The fraction of sp³-hybridized carbons (Fsp3) is 0.308. The van der Waals surface area contributed by atoms with Crippen LogP contribution in [0.1, 0.15) is 25.5 Å². The Morgan fingerprint density at radius 2 is 2.00 bits per heavy atom. The molecule has 0 aromatic heterocycles. The van der Waals surface area contributed by atoms with Crippen LogP contribution in [0.4, 0.5) is 0 Å². The topological polar surface area (TPSA) is 38.3 Å². The first-order valence-corrected chi connectivity index (χ1v) is 5.24. The summed E-state index contributed by atoms with van der Waals surface area (Å²) in [5, 5.41) is 2.87. The highest BCUT2D eigenvalue weighted by molar-refractivity contribution is 5.87. The van der Waals surface area contributed by atoms with E-state index in [0.29, 0.717) is 0 Å². The molecule has 1 rings (SSSR count). The third kappa shape index (κ3) is 3.42. The van der Waals surface area contributed by atoms with Crippen molar-refractivity contribution in [3.63, 3.8) is 0 Å². The van der Waals surface area contributed by atoms with Gasteiger partial charge in [-0.05, 0) is 37.6 Å². The van der Waals surface area contributed by atoms with Gasteiger partial charge in [-0.2, -0.15) is 0 Å². The van der Waals surface area contributed by atoms with E-state index in [1.165, 1.54) is 6.08 Å². The van der Waals surface area contributed by atoms with Crippen molar-refractivity contribution < 1.29 is 9.53 Å². The van der Waals surface area contributed by atoms with Crippen molar-refractivity contribution >= 4 is 5.91 Å². The average molecular weight is 219 g/mol. The molecule has 0 bridgehead atoms. The summed E-state index contributed by atoms with van der Waals surface area (Å²) < 4.78 is 5.07. The monoisotopic (exact) mass is 219 g/mol. The van der Waals surface area contributed by atoms with Gasteiger partial charge in [-0.15, -0.1) is 0 Å². The number of methoxy groups -OCH3 is 1. The Bertz CT molecular complexity index is 368. The first-order valence-electron chi connectivity index (χ1n) is 5.24. The summed E-state index contributed by atoms with van der Waals surface area (Å²) in [5.74, 6) is 0.738. The average Bonchev–Trinajstić information content (AvgIpc) is 2.29. The minimum atomic E-state index is -0.0779. The molecule has 1 aromatic rings. The Kier molecular flexibility index (Phi) is 4.58. The van der Waals surface area contributed by atoms with Gasteiger partial charge in [0.1, 0.15) is 5.75 Å². The van der Waals surface area contributed by atoms with Crippen molar-refractivity contribution in [3.8, 4) is 5.75 Å². The number of hydrogen-bond acceptors (Lipinski definition) is 2. The number of amides is 1. The second-order valence-electron chi connectivity index (χ2n) is 3.50. The van der Waals surface area contributed by atoms with Crippen LogP contribution in [-0.2, 0) is 4.79 Å². The van der Waals surface area contributed by atoms with Gasteiger partial charge >= 0.3 is 0 Å². The maximum atomic E-state index is 11.3. The minimum absolute atomic E-state index is 0.00499. The van der Waals surface area contributed by atoms with Gasteiger partial charge in [-0.1, -0.05) is 18.2 Å². The molecule has 16 heavy (non-hydrogen) atoms. The molecule has 0 saturated carbocycles. The number of rotatable bonds is 4. The summed E-state index contributed by atoms with van der Waals surface area (Å²) >= 11 is 0. The van der Waals surface area contributed by atoms with Crippen molar-refractivity contribution in [2.45, 2.75) is 19.9 Å². The summed E-state index contributed by atoms with van der Waals surface area (Å²) in [4.78, 5) is 11.3. The third-order valence-electron chi connectivity index (χ3n) is 2.29. The Morgan fingerprint density at radius 3 is 2.50 bits per heavy atom. The molecule has 0 aliphatic heterocycles. The number of hydrogen-bond donors (Lipinski definition) is 1. The molecule has 0 unspecified atom stereocenters. The highest BCUT2D eigenvalue weighted by Crippen LogP contribution is 2.16. The number of benzene rings is 1. The normalized spacial score (nSPS) is 12.4. The molecule has 0 aliphatic rings. The molecule has 3 nitrogen and oxygen atoms in total. The van der Waals surface area contributed by atoms with Crippen molar-refractivity contribution in [1.82, 2.24) is 5.32 Å². The van der Waals surface area contributed by atoms with Gasteiger partial charge in [0.15, 0.2) is 0 Å². The van der Waals surface area contributed by atoms with E-state index in [1.807, 2.05) is 38.1 Å². The molecule has 1 N–H and O–H groups in total. The van der Waals surface area contributed by atoms with Crippen molar-refractivity contribution in [3.05, 3.63) is 42.0 Å². The summed E-state index contributed by atoms with van der Waals surface area (Å²) in [6, 6.07) is 7.65. The summed E-state index contributed by atoms with van der Waals surface area (Å²) in [7, 11) is 1.63. The predicted molar refractivity (Wildman–Crippen MR) is 64.4 cm³/mol. The van der Waals surface area contributed by atoms with Crippen LogP contribution in [-0.4, -0.2) is 13.0 Å². The van der Waals surface area contributed by atoms with E-state index < -0.39 is 0 Å². The molecule has 3 heteroatoms. The molecule has 0 saturated heterocycles. The highest BCUT2D eigenvalue weighted by atomic mass is 16.5. The zero-order chi connectivity index (χ0) is 12.0. The third-order valence-corrected chi connectivity index (χ3v) is 2.29. The van der Waals surface area contributed by atoms with Crippen LogP contribution in [0.5, 0.6) is 5.75 Å². The molecule has 1 atom stereocenters. The van der Waals surface area contributed by atoms with Crippen molar-refractivity contribution in [2.75, 3.05) is 7.11 Å². The van der Waals surface area contributed by atoms with Gasteiger partial charge in [0, 0.05) is 0 Å². The van der Waals surface area contributed by atoms with E-state index in [4.69, 9.17) is 4.74 Å². The summed E-state index contributed by atoms with van der Waals surface area (Å²) in [6.45, 7) is 3.76. The zero-order valence-corrected chi connectivity index (χ0v) is 9.86. The van der Waals surface area contributed by atoms with Gasteiger partial charge in [0.05, 0.1) is 13.2 Å². The Labute approximate surface area is 96.1 Å². The molecule has 0 aliphatic carbocycles. The zero-order valence-electron chi connectivity index (χ0n) is 9.86. The lowest BCUT2D eigenvalue weighted by molar-refractivity contribution is -0.117. The molecule has 1 aromatic carbocycles. The summed E-state index contributed by atoms with van der Waals surface area (Å²) in [5.41, 5.74) is 1.05. The van der Waals surface area contributed by atoms with Crippen LogP contribution in [0.15, 0.2) is 36.4 Å². The number of ether oxygens (including phenoxy) is 1. The van der Waals surface area contributed by atoms with Gasteiger partial charge < -0.3 is 10.1 Å². The van der Waals surface area contributed by atoms with Crippen LogP contribution in [0.2, 0.25) is 0 Å². The maximum Gasteiger partial charge on any atom is 0.244 e. The van der Waals surface area contributed by atoms with Crippen LogP contribution in [0.3, 0.4) is 0 Å². The fourth-order valence-corrected chi connectivity index (χ4v) is 1.39. The van der Waals surface area contributed by atoms with Gasteiger partial charge in [0.25, 0.3) is 0 Å². The highest BCUT2D eigenvalue weighted by Gasteiger charge is 2.06. The SMILES string of the molecule is C/C=C/C(=O)N[C@H](C)c1ccc(OC)cc1. The molecule has 0 fully saturated rings. The van der Waals surface area contributed by atoms with E-state index in [-0.39, 0.29) is 11.9 Å². The lowest BCUT2D eigenvalue weighted by atomic mass is 10.1. The van der Waals surface area contributed by atoms with Gasteiger partial charge in [0.2, 0.25) is 5.91 Å². The molecule has 0 radical (unpaired) electrons. The lowest BCUT2D eigenvalue weighted by Gasteiger charge is -2.13. The molecular weight excluding hydrogens is 202 g/mol. The summed E-state index contributed by atoms with van der Waals surface area (Å²) in [6.07, 6.45) is 3.23. The second-order valence-corrected chi connectivity index (χ2v) is 3.50. The number of nitrogens with one attached hydrogen (secondary N) is 1. The van der Waals surface area contributed by atoms with Gasteiger partial charge in [-0.25, -0.2) is 0 Å². The van der Waals surface area contributed by atoms with Crippen LogP contribution >= 0.6 is 0 Å². The van der Waals surface area contributed by atoms with Crippen LogP contribution in [0, 0.1) is 0 Å². The Balaban J connectivity index is 2.65. The predicted octanol–water partition coefficient (Wildman–Crippen LogP) is 2.45. The second kappa shape index (κ2) is 5.95. The largest absolute Gasteiger partial charge is 0.497 e. The quantitative estimate of drug-likeness (QED) is 0.790. The smallest absolute Gasteiger partial charge is 0.244 e. The van der Waals surface area contributed by atoms with Crippen molar-refractivity contribution in [1.29, 1.82) is 0 Å². The Hall–Kier alpha value is -1.77. The van der Waals surface area contributed by atoms with Crippen LogP contribution in [0.25, 0.3) is 0 Å². The molecular formula is C13H17NO2. The van der Waals surface area contributed by atoms with E-state index in [0.717, 1.165) is 11.3 Å². The molecule has 0 heterocycles. The standard InChI is InChI=1S/C13H17NO2/c1-4-5-13(15)14-10(2)11-6-8-12(16-3)9-7-11/h4-10H,1-3H3,(H,14,15)/b5-4+/t10-/m1/s1. The van der Waals surface area contributed by atoms with E-state index >= 15 is 0 Å². The number of allylic oxidation sites excluding steroid dienone is 1. The molecule has 86 valence electrons. The van der Waals surface area contributed by atoms with Gasteiger partial charge in [-0.3, -0.25) is 4.79 Å². The lowest BCUT2D eigenvalue weighted by Crippen LogP contribution is -2.24. The van der Waals surface area contributed by atoms with Crippen molar-refractivity contribution in [2.24, 2.45) is 0 Å². The number of carbonyl (C=O) groups excluding carboxylic acids is 1. The van der Waals surface area contributed by atoms with E-state index in [2.05, 4.69) is 5.32 Å². The first kappa shape index (κ1) is 12.3. The fourth-order valence-electron chi connectivity index (χ4n) is 1.39.